The fourth-order valence-corrected chi connectivity index (χ4v) is 1.96. The minimum absolute atomic E-state index is 0.133. The first kappa shape index (κ1) is 13.9. The van der Waals surface area contributed by atoms with Gasteiger partial charge in [0, 0.05) is 23.9 Å². The minimum atomic E-state index is -0.437. The zero-order valence-electron chi connectivity index (χ0n) is 10.9. The van der Waals surface area contributed by atoms with Crippen LogP contribution < -0.4 is 4.90 Å². The first-order chi connectivity index (χ1) is 9.51. The Labute approximate surface area is 115 Å². The Kier molecular flexibility index (Phi) is 3.89. The van der Waals surface area contributed by atoms with Crippen LogP contribution in [0.4, 0.5) is 10.1 Å². The molecular weight excluding hydrogens is 261 g/mol. The molecule has 0 bridgehead atoms. The zero-order valence-corrected chi connectivity index (χ0v) is 10.9. The first-order valence-corrected chi connectivity index (χ1v) is 6.11. The second-order valence-electron chi connectivity index (χ2n) is 4.27. The van der Waals surface area contributed by atoms with E-state index in [1.165, 1.54) is 35.2 Å². The van der Waals surface area contributed by atoms with E-state index >= 15 is 0 Å². The number of aromatic hydroxyl groups is 2. The molecule has 0 unspecified atom stereocenters. The number of rotatable bonds is 3. The number of carbonyl (C=O) groups excluding carboxylic acids is 1. The Morgan fingerprint density at radius 2 is 1.80 bits per heavy atom. The maximum Gasteiger partial charge on any atom is 0.258 e. The topological polar surface area (TPSA) is 60.8 Å². The molecule has 2 aromatic carbocycles. The van der Waals surface area contributed by atoms with Crippen LogP contribution in [0.2, 0.25) is 0 Å². The summed E-state index contributed by atoms with van der Waals surface area (Å²) in [5.74, 6) is -1.27. The number of halogens is 1. The lowest BCUT2D eigenvalue weighted by Gasteiger charge is -2.21. The van der Waals surface area contributed by atoms with Gasteiger partial charge in [0.25, 0.3) is 5.91 Å². The average Bonchev–Trinajstić information content (AvgIpc) is 2.38. The number of phenols is 2. The van der Waals surface area contributed by atoms with Crippen LogP contribution in [0.5, 0.6) is 11.5 Å². The van der Waals surface area contributed by atoms with Crippen molar-refractivity contribution in [1.82, 2.24) is 0 Å². The van der Waals surface area contributed by atoms with Crippen LogP contribution in [0.15, 0.2) is 42.5 Å². The molecule has 0 saturated heterocycles. The van der Waals surface area contributed by atoms with Crippen molar-refractivity contribution in [3.63, 3.8) is 0 Å². The molecule has 0 aliphatic carbocycles. The van der Waals surface area contributed by atoms with Crippen LogP contribution in [-0.4, -0.2) is 22.7 Å². The summed E-state index contributed by atoms with van der Waals surface area (Å²) in [7, 11) is 0. The van der Waals surface area contributed by atoms with Crippen LogP contribution in [-0.2, 0) is 0 Å². The molecule has 0 aliphatic heterocycles. The van der Waals surface area contributed by atoms with E-state index in [2.05, 4.69) is 0 Å². The Hall–Kier alpha value is -2.56. The van der Waals surface area contributed by atoms with Crippen LogP contribution in [0.25, 0.3) is 0 Å². The lowest BCUT2D eigenvalue weighted by atomic mass is 10.1. The highest BCUT2D eigenvalue weighted by Crippen LogP contribution is 2.24. The fourth-order valence-electron chi connectivity index (χ4n) is 1.96. The van der Waals surface area contributed by atoms with E-state index in [1.807, 2.05) is 0 Å². The number of anilines is 1. The van der Waals surface area contributed by atoms with E-state index in [-0.39, 0.29) is 17.1 Å². The van der Waals surface area contributed by atoms with E-state index in [9.17, 15) is 19.4 Å². The highest BCUT2D eigenvalue weighted by atomic mass is 19.1. The van der Waals surface area contributed by atoms with Gasteiger partial charge in [-0.1, -0.05) is 6.07 Å². The molecule has 1 amide bonds. The molecule has 0 atom stereocenters. The third kappa shape index (κ3) is 2.88. The van der Waals surface area contributed by atoms with Gasteiger partial charge >= 0.3 is 0 Å². The summed E-state index contributed by atoms with van der Waals surface area (Å²) in [5.41, 5.74) is 0.550. The molecule has 4 nitrogen and oxygen atoms in total. The summed E-state index contributed by atoms with van der Waals surface area (Å²) in [6.07, 6.45) is 0. The van der Waals surface area contributed by atoms with Crippen molar-refractivity contribution in [1.29, 1.82) is 0 Å². The highest BCUT2D eigenvalue weighted by Gasteiger charge is 2.17. The average molecular weight is 275 g/mol. The number of hydrogen-bond donors (Lipinski definition) is 2. The number of hydrogen-bond acceptors (Lipinski definition) is 3. The van der Waals surface area contributed by atoms with Crippen molar-refractivity contribution in [2.75, 3.05) is 11.4 Å². The maximum absolute atomic E-state index is 13.2. The molecule has 20 heavy (non-hydrogen) atoms. The van der Waals surface area contributed by atoms with Crippen molar-refractivity contribution in [3.05, 3.63) is 53.8 Å². The van der Waals surface area contributed by atoms with Gasteiger partial charge in [-0.05, 0) is 37.3 Å². The Morgan fingerprint density at radius 1 is 1.15 bits per heavy atom. The molecule has 0 aromatic heterocycles. The van der Waals surface area contributed by atoms with Gasteiger partial charge in [-0.15, -0.1) is 0 Å². The van der Waals surface area contributed by atoms with Gasteiger partial charge in [0.1, 0.15) is 17.3 Å². The number of carbonyl (C=O) groups is 1. The van der Waals surface area contributed by atoms with Crippen LogP contribution in [0, 0.1) is 5.82 Å². The predicted molar refractivity (Wildman–Crippen MR) is 73.5 cm³/mol. The van der Waals surface area contributed by atoms with E-state index in [0.717, 1.165) is 6.07 Å². The first-order valence-electron chi connectivity index (χ1n) is 6.11. The van der Waals surface area contributed by atoms with Crippen molar-refractivity contribution in [2.45, 2.75) is 6.92 Å². The number of phenolic OH excluding ortho intramolecular Hbond substituents is 2. The third-order valence-electron chi connectivity index (χ3n) is 2.83. The number of benzene rings is 2. The molecule has 0 fully saturated rings. The Balaban J connectivity index is 2.38. The molecule has 0 aliphatic rings. The fraction of sp³-hybridized carbons (Fsp3) is 0.133. The summed E-state index contributed by atoms with van der Waals surface area (Å²) in [6.45, 7) is 2.09. The van der Waals surface area contributed by atoms with E-state index < -0.39 is 11.7 Å². The van der Waals surface area contributed by atoms with Gasteiger partial charge < -0.3 is 15.1 Å². The molecule has 5 heteroatoms. The molecular formula is C15H14FNO3. The Morgan fingerprint density at radius 3 is 2.35 bits per heavy atom. The smallest absolute Gasteiger partial charge is 0.258 e. The maximum atomic E-state index is 13.2. The second-order valence-corrected chi connectivity index (χ2v) is 4.27. The molecule has 0 spiro atoms. The van der Waals surface area contributed by atoms with Crippen molar-refractivity contribution < 1.29 is 19.4 Å². The molecule has 104 valence electrons. The molecule has 0 radical (unpaired) electrons. The van der Waals surface area contributed by atoms with Crippen molar-refractivity contribution in [2.24, 2.45) is 0 Å². The van der Waals surface area contributed by atoms with Gasteiger partial charge in [0.15, 0.2) is 0 Å². The summed E-state index contributed by atoms with van der Waals surface area (Å²) >= 11 is 0. The number of nitrogens with zero attached hydrogens (tertiary/aromatic N) is 1. The van der Waals surface area contributed by atoms with Crippen LogP contribution in [0.1, 0.15) is 17.3 Å². The van der Waals surface area contributed by atoms with Crippen LogP contribution >= 0.6 is 0 Å². The SMILES string of the molecule is CCN(C(=O)c1cc(O)cc(O)c1)c1cccc(F)c1. The van der Waals surface area contributed by atoms with Crippen LogP contribution in [0.3, 0.4) is 0 Å². The van der Waals surface area contributed by atoms with Gasteiger partial charge in [-0.25, -0.2) is 4.39 Å². The van der Waals surface area contributed by atoms with Crippen molar-refractivity contribution >= 4 is 11.6 Å². The summed E-state index contributed by atoms with van der Waals surface area (Å²) in [5, 5.41) is 18.8. The van der Waals surface area contributed by atoms with Gasteiger partial charge in [-0.2, -0.15) is 0 Å². The number of amides is 1. The van der Waals surface area contributed by atoms with Gasteiger partial charge in [-0.3, -0.25) is 4.79 Å². The van der Waals surface area contributed by atoms with E-state index in [1.54, 1.807) is 13.0 Å². The van der Waals surface area contributed by atoms with Gasteiger partial charge in [0.05, 0.1) is 0 Å². The Bertz CT molecular complexity index is 623. The largest absolute Gasteiger partial charge is 0.508 e. The molecule has 2 N–H and O–H groups in total. The lowest BCUT2D eigenvalue weighted by Crippen LogP contribution is -2.30. The zero-order chi connectivity index (χ0) is 14.7. The van der Waals surface area contributed by atoms with E-state index in [0.29, 0.717) is 12.2 Å². The third-order valence-corrected chi connectivity index (χ3v) is 2.83. The molecule has 2 rings (SSSR count). The summed E-state index contributed by atoms with van der Waals surface area (Å²) in [4.78, 5) is 13.7. The highest BCUT2D eigenvalue weighted by molar-refractivity contribution is 6.06. The lowest BCUT2D eigenvalue weighted by molar-refractivity contribution is 0.0987. The van der Waals surface area contributed by atoms with E-state index in [4.69, 9.17) is 0 Å². The monoisotopic (exact) mass is 275 g/mol. The molecule has 0 saturated carbocycles. The predicted octanol–water partition coefficient (Wildman–Crippen LogP) is 2.90. The minimum Gasteiger partial charge on any atom is -0.508 e. The molecule has 2 aromatic rings. The summed E-state index contributed by atoms with van der Waals surface area (Å²) in [6, 6.07) is 9.32. The normalized spacial score (nSPS) is 10.3. The standard InChI is InChI=1S/C15H14FNO3/c1-2-17(12-5-3-4-11(16)8-12)15(20)10-6-13(18)9-14(19)7-10/h3-9,18-19H,2H2,1H3. The second kappa shape index (κ2) is 5.61. The van der Waals surface area contributed by atoms with Crippen molar-refractivity contribution in [3.8, 4) is 11.5 Å². The molecule has 0 heterocycles. The van der Waals surface area contributed by atoms with Gasteiger partial charge in [0.2, 0.25) is 0 Å². The quantitative estimate of drug-likeness (QED) is 0.905. The summed E-state index contributed by atoms with van der Waals surface area (Å²) < 4.78 is 13.2.